The first kappa shape index (κ1) is 24.5. The monoisotopic (exact) mass is 488 g/mol. The Morgan fingerprint density at radius 2 is 1.91 bits per heavy atom. The van der Waals surface area contributed by atoms with E-state index >= 15 is 0 Å². The molecule has 1 spiro atoms. The number of cyclic esters (lactones) is 1. The van der Waals surface area contributed by atoms with E-state index in [9.17, 15) is 19.5 Å². The zero-order chi connectivity index (χ0) is 25.6. The van der Waals surface area contributed by atoms with Gasteiger partial charge in [-0.15, -0.1) is 0 Å². The molecule has 1 aromatic heterocycles. The van der Waals surface area contributed by atoms with E-state index in [4.69, 9.17) is 18.6 Å². The Bertz CT molecular complexity index is 1060. The third-order valence-electron chi connectivity index (χ3n) is 10.5. The molecule has 4 fully saturated rings. The number of aliphatic hydroxyl groups is 1. The summed E-state index contributed by atoms with van der Waals surface area (Å²) in [7, 11) is 1.35. The number of carbonyl (C=O) groups is 3. The van der Waals surface area contributed by atoms with E-state index in [1.807, 2.05) is 27.7 Å². The summed E-state index contributed by atoms with van der Waals surface area (Å²) in [6.07, 6.45) is 3.28. The first-order valence-corrected chi connectivity index (χ1v) is 12.5. The highest BCUT2D eigenvalue weighted by Gasteiger charge is 2.79. The van der Waals surface area contributed by atoms with Crippen molar-refractivity contribution in [3.8, 4) is 0 Å². The van der Waals surface area contributed by atoms with E-state index in [-0.39, 0.29) is 36.9 Å². The Kier molecular flexibility index (Phi) is 5.19. The third-order valence-corrected chi connectivity index (χ3v) is 10.5. The fourth-order valence-corrected chi connectivity index (χ4v) is 8.54. The largest absolute Gasteiger partial charge is 0.472 e. The number of fused-ring (bicyclic) bond motifs is 3. The average Bonchev–Trinajstić information content (AvgIpc) is 3.30. The molecule has 192 valence electrons. The average molecular weight is 489 g/mol. The maximum absolute atomic E-state index is 13.4. The van der Waals surface area contributed by atoms with Crippen molar-refractivity contribution in [1.29, 1.82) is 0 Å². The Morgan fingerprint density at radius 1 is 1.20 bits per heavy atom. The second-order valence-corrected chi connectivity index (χ2v) is 12.2. The van der Waals surface area contributed by atoms with Gasteiger partial charge >= 0.3 is 11.9 Å². The number of hydrogen-bond acceptors (Lipinski definition) is 8. The molecule has 0 amide bonds. The minimum Gasteiger partial charge on any atom is -0.472 e. The zero-order valence-electron chi connectivity index (χ0n) is 21.4. The number of hydrogen-bond donors (Lipinski definition) is 1. The predicted octanol–water partition coefficient (Wildman–Crippen LogP) is 3.76. The van der Waals surface area contributed by atoms with E-state index in [0.29, 0.717) is 12.8 Å². The molecular weight excluding hydrogens is 452 g/mol. The van der Waals surface area contributed by atoms with Crippen molar-refractivity contribution in [2.24, 2.45) is 28.1 Å². The normalized spacial score (nSPS) is 46.3. The van der Waals surface area contributed by atoms with Gasteiger partial charge in [0.1, 0.15) is 17.5 Å². The van der Waals surface area contributed by atoms with Crippen molar-refractivity contribution in [3.63, 3.8) is 0 Å². The van der Waals surface area contributed by atoms with Crippen LogP contribution in [0.3, 0.4) is 0 Å². The molecule has 4 aliphatic rings. The molecule has 1 N–H and O–H groups in total. The lowest BCUT2D eigenvalue weighted by Gasteiger charge is -2.74. The standard InChI is InChI=1S/C27H36O8/c1-23(2)17(11-20(29)32-6)25(4)16-7-9-24(3)22(15-8-10-33-14-15)34-21(30)13-27(24,26(16,5)31)35-19(25)12-18(23)28/h8,10,14,16-17,19,22,31H,7,9,11-13H2,1-6H3/t16-,17+,19+,22+,24+,25-,26+,27-/m1/s1. The van der Waals surface area contributed by atoms with Gasteiger partial charge in [0.2, 0.25) is 0 Å². The smallest absolute Gasteiger partial charge is 0.309 e. The van der Waals surface area contributed by atoms with E-state index in [1.165, 1.54) is 13.4 Å². The summed E-state index contributed by atoms with van der Waals surface area (Å²) >= 11 is 0. The summed E-state index contributed by atoms with van der Waals surface area (Å²) in [4.78, 5) is 39.0. The molecule has 0 radical (unpaired) electrons. The van der Waals surface area contributed by atoms with Gasteiger partial charge in [-0.3, -0.25) is 14.4 Å². The van der Waals surface area contributed by atoms with Gasteiger partial charge in [0, 0.05) is 34.7 Å². The van der Waals surface area contributed by atoms with Crippen LogP contribution in [0, 0.1) is 28.1 Å². The number of esters is 2. The number of furan rings is 1. The molecule has 2 aliphatic heterocycles. The zero-order valence-corrected chi connectivity index (χ0v) is 21.4. The lowest BCUT2D eigenvalue weighted by molar-refractivity contribution is -0.394. The molecular formula is C27H36O8. The molecule has 3 heterocycles. The highest BCUT2D eigenvalue weighted by atomic mass is 16.6. The Labute approximate surface area is 205 Å². The highest BCUT2D eigenvalue weighted by molar-refractivity contribution is 5.87. The van der Waals surface area contributed by atoms with E-state index in [0.717, 1.165) is 5.56 Å². The lowest BCUT2D eigenvalue weighted by atomic mass is 9.39. The second kappa shape index (κ2) is 7.42. The molecule has 2 saturated heterocycles. The minimum atomic E-state index is -1.42. The maximum Gasteiger partial charge on any atom is 0.309 e. The first-order valence-electron chi connectivity index (χ1n) is 12.5. The lowest BCUT2D eigenvalue weighted by Crippen LogP contribution is -2.81. The van der Waals surface area contributed by atoms with Crippen LogP contribution in [0.25, 0.3) is 0 Å². The van der Waals surface area contributed by atoms with Crippen molar-refractivity contribution in [3.05, 3.63) is 24.2 Å². The fraction of sp³-hybridized carbons (Fsp3) is 0.741. The van der Waals surface area contributed by atoms with Crippen molar-refractivity contribution in [1.82, 2.24) is 0 Å². The van der Waals surface area contributed by atoms with Crippen molar-refractivity contribution < 1.29 is 38.1 Å². The molecule has 2 saturated carbocycles. The van der Waals surface area contributed by atoms with Gasteiger partial charge in [0.05, 0.1) is 37.8 Å². The van der Waals surface area contributed by atoms with Crippen molar-refractivity contribution in [2.75, 3.05) is 7.11 Å². The molecule has 2 aliphatic carbocycles. The molecule has 8 heteroatoms. The molecule has 2 bridgehead atoms. The summed E-state index contributed by atoms with van der Waals surface area (Å²) in [6, 6.07) is 1.77. The SMILES string of the molecule is COC(=O)C[C@H]1C(C)(C)C(=O)C[C@@H]2O[C@]34CC(=O)O[C@@H](c5ccoc5)[C@]3(C)CC[C@H]([C@@]21C)[C@]4(C)O. The van der Waals surface area contributed by atoms with Gasteiger partial charge < -0.3 is 23.7 Å². The fourth-order valence-electron chi connectivity index (χ4n) is 8.54. The van der Waals surface area contributed by atoms with E-state index in [2.05, 4.69) is 0 Å². The second-order valence-electron chi connectivity index (χ2n) is 12.2. The van der Waals surface area contributed by atoms with Gasteiger partial charge in [-0.2, -0.15) is 0 Å². The van der Waals surface area contributed by atoms with Crippen LogP contribution in [0.4, 0.5) is 0 Å². The quantitative estimate of drug-likeness (QED) is 0.640. The Balaban J connectivity index is 1.67. The number of carbonyl (C=O) groups excluding carboxylic acids is 3. The topological polar surface area (TPSA) is 112 Å². The molecule has 0 unspecified atom stereocenters. The molecule has 1 aromatic rings. The maximum atomic E-state index is 13.4. The van der Waals surface area contributed by atoms with Crippen LogP contribution in [0.1, 0.15) is 78.4 Å². The van der Waals surface area contributed by atoms with Crippen LogP contribution in [0.5, 0.6) is 0 Å². The summed E-state index contributed by atoms with van der Waals surface area (Å²) in [5, 5.41) is 12.4. The summed E-state index contributed by atoms with van der Waals surface area (Å²) in [6.45, 7) is 9.57. The van der Waals surface area contributed by atoms with E-state index < -0.39 is 51.5 Å². The van der Waals surface area contributed by atoms with Gasteiger partial charge in [0.15, 0.2) is 0 Å². The van der Waals surface area contributed by atoms with Crippen molar-refractivity contribution in [2.45, 2.75) is 90.1 Å². The number of ketones is 1. The number of methoxy groups -OCH3 is 1. The molecule has 5 rings (SSSR count). The molecule has 8 nitrogen and oxygen atoms in total. The van der Waals surface area contributed by atoms with Crippen molar-refractivity contribution >= 4 is 17.7 Å². The predicted molar refractivity (Wildman–Crippen MR) is 123 cm³/mol. The van der Waals surface area contributed by atoms with E-state index in [1.54, 1.807) is 19.3 Å². The van der Waals surface area contributed by atoms with Gasteiger partial charge in [-0.05, 0) is 37.7 Å². The van der Waals surface area contributed by atoms with Crippen LogP contribution < -0.4 is 0 Å². The Morgan fingerprint density at radius 3 is 2.54 bits per heavy atom. The van der Waals surface area contributed by atoms with Gasteiger partial charge in [-0.25, -0.2) is 0 Å². The van der Waals surface area contributed by atoms with Crippen LogP contribution in [-0.2, 0) is 28.6 Å². The highest BCUT2D eigenvalue weighted by Crippen LogP contribution is 2.73. The van der Waals surface area contributed by atoms with Crippen LogP contribution >= 0.6 is 0 Å². The summed E-state index contributed by atoms with van der Waals surface area (Å²) in [5.41, 5.74) is -4.20. The summed E-state index contributed by atoms with van der Waals surface area (Å²) < 4.78 is 23.1. The van der Waals surface area contributed by atoms with Crippen LogP contribution in [0.15, 0.2) is 23.0 Å². The molecule has 0 aromatic carbocycles. The molecule has 8 atom stereocenters. The number of ether oxygens (including phenoxy) is 3. The van der Waals surface area contributed by atoms with Crippen LogP contribution in [0.2, 0.25) is 0 Å². The van der Waals surface area contributed by atoms with Crippen LogP contribution in [-0.4, -0.2) is 47.2 Å². The van der Waals surface area contributed by atoms with Gasteiger partial charge in [-0.1, -0.05) is 27.7 Å². The minimum absolute atomic E-state index is 0.0105. The molecule has 35 heavy (non-hydrogen) atoms. The Hall–Kier alpha value is -2.19. The first-order chi connectivity index (χ1) is 16.3. The number of Topliss-reactive ketones (excluding diaryl/α,β-unsaturated/α-hetero) is 1. The third kappa shape index (κ3) is 2.90. The number of rotatable bonds is 3. The van der Waals surface area contributed by atoms with Gasteiger partial charge in [0.25, 0.3) is 0 Å². The summed E-state index contributed by atoms with van der Waals surface area (Å²) in [5.74, 6) is -1.53.